The van der Waals surface area contributed by atoms with Crippen LogP contribution in [0.15, 0.2) is 18.2 Å². The molecule has 0 aromatic heterocycles. The second-order valence-corrected chi connectivity index (χ2v) is 3.36. The number of hydrogen-bond acceptors (Lipinski definition) is 4. The van der Waals surface area contributed by atoms with E-state index in [4.69, 9.17) is 11.6 Å². The van der Waals surface area contributed by atoms with Crippen LogP contribution >= 0.6 is 11.6 Å². The maximum Gasteiger partial charge on any atom is 0.271 e. The number of non-ortho nitro benzene ring substituents is 1. The number of nitro groups is 1. The van der Waals surface area contributed by atoms with Crippen LogP contribution in [0.5, 0.6) is 0 Å². The van der Waals surface area contributed by atoms with E-state index in [9.17, 15) is 10.1 Å². The standard InChI is InChI=1S/C9H12ClN3O2/c1-11-4-5-12-9-3-2-7(13(14)15)6-8(9)10/h2-3,6,11-12H,4-5H2,1H3. The molecule has 0 atom stereocenters. The number of nitro benzene ring substituents is 1. The molecular formula is C9H12ClN3O2. The molecule has 0 aliphatic carbocycles. The maximum absolute atomic E-state index is 10.4. The van der Waals surface area contributed by atoms with E-state index in [0.29, 0.717) is 17.3 Å². The van der Waals surface area contributed by atoms with Crippen molar-refractivity contribution in [2.75, 3.05) is 25.5 Å². The summed E-state index contributed by atoms with van der Waals surface area (Å²) in [6.45, 7) is 1.52. The van der Waals surface area contributed by atoms with E-state index in [1.165, 1.54) is 12.1 Å². The SMILES string of the molecule is CNCCNc1ccc([N+](=O)[O-])cc1Cl. The predicted octanol–water partition coefficient (Wildman–Crippen LogP) is 1.88. The molecule has 2 N–H and O–H groups in total. The molecule has 0 heterocycles. The first-order valence-electron chi connectivity index (χ1n) is 4.47. The quantitative estimate of drug-likeness (QED) is 0.460. The third-order valence-corrected chi connectivity index (χ3v) is 2.17. The topological polar surface area (TPSA) is 67.2 Å². The summed E-state index contributed by atoms with van der Waals surface area (Å²) in [5, 5.41) is 16.8. The van der Waals surface area contributed by atoms with Crippen LogP contribution in [0.3, 0.4) is 0 Å². The molecule has 1 aromatic rings. The lowest BCUT2D eigenvalue weighted by molar-refractivity contribution is -0.384. The Kier molecular flexibility index (Phi) is 4.33. The fraction of sp³-hybridized carbons (Fsp3) is 0.333. The van der Waals surface area contributed by atoms with E-state index in [1.54, 1.807) is 6.07 Å². The Bertz CT molecular complexity index is 357. The summed E-state index contributed by atoms with van der Waals surface area (Å²) in [5.74, 6) is 0. The highest BCUT2D eigenvalue weighted by Gasteiger charge is 2.08. The number of rotatable bonds is 5. The first-order valence-corrected chi connectivity index (χ1v) is 4.85. The van der Waals surface area contributed by atoms with Crippen molar-refractivity contribution in [3.05, 3.63) is 33.3 Å². The molecule has 82 valence electrons. The van der Waals surface area contributed by atoms with Gasteiger partial charge in [-0.05, 0) is 13.1 Å². The average Bonchev–Trinajstić information content (AvgIpc) is 2.20. The van der Waals surface area contributed by atoms with Crippen molar-refractivity contribution in [3.8, 4) is 0 Å². The molecule has 0 spiro atoms. The van der Waals surface area contributed by atoms with Gasteiger partial charge in [-0.3, -0.25) is 10.1 Å². The Morgan fingerprint density at radius 2 is 2.20 bits per heavy atom. The van der Waals surface area contributed by atoms with Crippen LogP contribution in [0.4, 0.5) is 11.4 Å². The molecule has 0 radical (unpaired) electrons. The number of likely N-dealkylation sites (N-methyl/N-ethyl adjacent to an activating group) is 1. The first kappa shape index (κ1) is 11.7. The molecule has 0 aliphatic heterocycles. The Balaban J connectivity index is 2.70. The molecule has 0 bridgehead atoms. The second-order valence-electron chi connectivity index (χ2n) is 2.95. The van der Waals surface area contributed by atoms with Crippen molar-refractivity contribution in [1.29, 1.82) is 0 Å². The van der Waals surface area contributed by atoms with E-state index in [1.807, 2.05) is 7.05 Å². The van der Waals surface area contributed by atoms with E-state index >= 15 is 0 Å². The number of benzene rings is 1. The lowest BCUT2D eigenvalue weighted by Crippen LogP contribution is -2.17. The van der Waals surface area contributed by atoms with Gasteiger partial charge in [0.25, 0.3) is 5.69 Å². The minimum atomic E-state index is -0.469. The fourth-order valence-corrected chi connectivity index (χ4v) is 1.32. The summed E-state index contributed by atoms with van der Waals surface area (Å²) in [6, 6.07) is 4.37. The first-order chi connectivity index (χ1) is 7.15. The average molecular weight is 230 g/mol. The minimum absolute atomic E-state index is 0.000772. The van der Waals surface area contributed by atoms with Crippen LogP contribution in [-0.2, 0) is 0 Å². The van der Waals surface area contributed by atoms with Gasteiger partial charge in [0.1, 0.15) is 0 Å². The minimum Gasteiger partial charge on any atom is -0.383 e. The summed E-state index contributed by atoms with van der Waals surface area (Å²) in [7, 11) is 1.85. The van der Waals surface area contributed by atoms with Crippen LogP contribution in [0.1, 0.15) is 0 Å². The summed E-state index contributed by atoms with van der Waals surface area (Å²) < 4.78 is 0. The van der Waals surface area contributed by atoms with Crippen LogP contribution in [-0.4, -0.2) is 25.1 Å². The molecule has 0 saturated carbocycles. The van der Waals surface area contributed by atoms with E-state index in [2.05, 4.69) is 10.6 Å². The third kappa shape index (κ3) is 3.38. The lowest BCUT2D eigenvalue weighted by Gasteiger charge is -2.07. The molecule has 0 aliphatic rings. The molecular weight excluding hydrogens is 218 g/mol. The van der Waals surface area contributed by atoms with Crippen LogP contribution in [0, 0.1) is 10.1 Å². The zero-order chi connectivity index (χ0) is 11.3. The van der Waals surface area contributed by atoms with Gasteiger partial charge >= 0.3 is 0 Å². The maximum atomic E-state index is 10.4. The normalized spacial score (nSPS) is 10.0. The van der Waals surface area contributed by atoms with Gasteiger partial charge in [0.05, 0.1) is 15.6 Å². The van der Waals surface area contributed by atoms with Crippen LogP contribution < -0.4 is 10.6 Å². The highest BCUT2D eigenvalue weighted by atomic mass is 35.5. The summed E-state index contributed by atoms with van der Waals surface area (Å²) in [4.78, 5) is 9.97. The summed E-state index contributed by atoms with van der Waals surface area (Å²) >= 11 is 5.87. The fourth-order valence-electron chi connectivity index (χ4n) is 1.08. The Morgan fingerprint density at radius 1 is 1.47 bits per heavy atom. The summed E-state index contributed by atoms with van der Waals surface area (Å²) in [5.41, 5.74) is 0.705. The van der Waals surface area contributed by atoms with Crippen molar-refractivity contribution in [3.63, 3.8) is 0 Å². The van der Waals surface area contributed by atoms with Gasteiger partial charge in [-0.15, -0.1) is 0 Å². The van der Waals surface area contributed by atoms with Crippen LogP contribution in [0.2, 0.25) is 5.02 Å². The highest BCUT2D eigenvalue weighted by molar-refractivity contribution is 6.33. The van der Waals surface area contributed by atoms with Crippen molar-refractivity contribution in [1.82, 2.24) is 5.32 Å². The molecule has 15 heavy (non-hydrogen) atoms. The molecule has 1 rings (SSSR count). The number of nitrogens with zero attached hydrogens (tertiary/aromatic N) is 1. The van der Waals surface area contributed by atoms with Gasteiger partial charge in [0.15, 0.2) is 0 Å². The number of hydrogen-bond donors (Lipinski definition) is 2. The molecule has 0 unspecified atom stereocenters. The third-order valence-electron chi connectivity index (χ3n) is 1.85. The predicted molar refractivity (Wildman–Crippen MR) is 60.5 cm³/mol. The van der Waals surface area contributed by atoms with E-state index in [-0.39, 0.29) is 5.69 Å². The largest absolute Gasteiger partial charge is 0.383 e. The van der Waals surface area contributed by atoms with Crippen molar-refractivity contribution in [2.45, 2.75) is 0 Å². The zero-order valence-electron chi connectivity index (χ0n) is 8.29. The van der Waals surface area contributed by atoms with Crippen molar-refractivity contribution >= 4 is 23.0 Å². The summed E-state index contributed by atoms with van der Waals surface area (Å²) in [6.07, 6.45) is 0. The molecule has 5 nitrogen and oxygen atoms in total. The zero-order valence-corrected chi connectivity index (χ0v) is 9.04. The monoisotopic (exact) mass is 229 g/mol. The molecule has 6 heteroatoms. The Labute approximate surface area is 92.6 Å². The van der Waals surface area contributed by atoms with Gasteiger partial charge < -0.3 is 10.6 Å². The molecule has 0 saturated heterocycles. The van der Waals surface area contributed by atoms with Gasteiger partial charge in [0.2, 0.25) is 0 Å². The van der Waals surface area contributed by atoms with Crippen LogP contribution in [0.25, 0.3) is 0 Å². The van der Waals surface area contributed by atoms with Gasteiger partial charge in [-0.1, -0.05) is 11.6 Å². The lowest BCUT2D eigenvalue weighted by atomic mass is 10.3. The smallest absolute Gasteiger partial charge is 0.271 e. The van der Waals surface area contributed by atoms with E-state index < -0.39 is 4.92 Å². The van der Waals surface area contributed by atoms with Gasteiger partial charge in [-0.2, -0.15) is 0 Å². The number of anilines is 1. The number of halogens is 1. The van der Waals surface area contributed by atoms with Gasteiger partial charge in [-0.25, -0.2) is 0 Å². The Morgan fingerprint density at radius 3 is 2.73 bits per heavy atom. The molecule has 1 aromatic carbocycles. The molecule has 0 amide bonds. The Hall–Kier alpha value is -1.33. The highest BCUT2D eigenvalue weighted by Crippen LogP contribution is 2.26. The van der Waals surface area contributed by atoms with Crippen molar-refractivity contribution < 1.29 is 4.92 Å². The second kappa shape index (κ2) is 5.53. The van der Waals surface area contributed by atoms with E-state index in [0.717, 1.165) is 6.54 Å². The number of nitrogens with one attached hydrogen (secondary N) is 2. The van der Waals surface area contributed by atoms with Gasteiger partial charge in [0, 0.05) is 25.2 Å². The van der Waals surface area contributed by atoms with Crippen molar-refractivity contribution in [2.24, 2.45) is 0 Å². The molecule has 0 fully saturated rings.